The van der Waals surface area contributed by atoms with Crippen molar-refractivity contribution in [3.63, 3.8) is 0 Å². The first kappa shape index (κ1) is 27.0. The highest BCUT2D eigenvalue weighted by atomic mass is 127. The van der Waals surface area contributed by atoms with Crippen molar-refractivity contribution in [3.8, 4) is 5.75 Å². The second-order valence-corrected chi connectivity index (χ2v) is 10.7. The van der Waals surface area contributed by atoms with Gasteiger partial charge in [0.1, 0.15) is 5.75 Å². The molecule has 0 atom stereocenters. The number of hydrogen-bond acceptors (Lipinski definition) is 6. The quantitative estimate of drug-likeness (QED) is 0.259. The Hall–Kier alpha value is -2.60. The van der Waals surface area contributed by atoms with E-state index in [0.717, 1.165) is 31.7 Å². The summed E-state index contributed by atoms with van der Waals surface area (Å²) in [7, 11) is 1.81. The Labute approximate surface area is 223 Å². The molecule has 3 rings (SSSR count). The van der Waals surface area contributed by atoms with Gasteiger partial charge in [-0.3, -0.25) is 9.59 Å². The van der Waals surface area contributed by atoms with Crippen LogP contribution in [0.25, 0.3) is 0 Å². The number of aromatic nitrogens is 3. The monoisotopic (exact) mass is 607 g/mol. The molecule has 1 aromatic heterocycles. The van der Waals surface area contributed by atoms with Gasteiger partial charge in [0, 0.05) is 16.3 Å². The highest BCUT2D eigenvalue weighted by Crippen LogP contribution is 2.27. The number of carbonyl (C=O) groups excluding carboxylic acids is 2. The number of anilines is 1. The van der Waals surface area contributed by atoms with Gasteiger partial charge >= 0.3 is 0 Å². The van der Waals surface area contributed by atoms with Gasteiger partial charge in [-0.2, -0.15) is 0 Å². The molecule has 3 aromatic rings. The Kier molecular flexibility index (Phi) is 9.55. The first-order chi connectivity index (χ1) is 16.6. The zero-order valence-corrected chi connectivity index (χ0v) is 23.5. The molecule has 0 aliphatic rings. The molecule has 2 amide bonds. The number of nitrogens with one attached hydrogen (secondary N) is 2. The summed E-state index contributed by atoms with van der Waals surface area (Å²) in [5, 5.41) is 14.6. The third-order valence-electron chi connectivity index (χ3n) is 5.31. The van der Waals surface area contributed by atoms with Crippen molar-refractivity contribution in [2.24, 2.45) is 7.05 Å². The van der Waals surface area contributed by atoms with E-state index in [2.05, 4.69) is 57.3 Å². The summed E-state index contributed by atoms with van der Waals surface area (Å²) >= 11 is 3.53. The summed E-state index contributed by atoms with van der Waals surface area (Å²) in [6.07, 6.45) is 0. The molecule has 0 saturated carbocycles. The Morgan fingerprint density at radius 1 is 1.11 bits per heavy atom. The smallest absolute Gasteiger partial charge is 0.258 e. The second-order valence-electron chi connectivity index (χ2n) is 8.52. The minimum atomic E-state index is -0.245. The van der Waals surface area contributed by atoms with Crippen molar-refractivity contribution in [2.75, 3.05) is 17.7 Å². The molecule has 0 saturated heterocycles. The van der Waals surface area contributed by atoms with Crippen LogP contribution >= 0.6 is 34.4 Å². The fourth-order valence-electron chi connectivity index (χ4n) is 3.32. The Balaban J connectivity index is 1.48. The molecule has 2 N–H and O–H groups in total. The number of thioether (sulfide) groups is 1. The fraction of sp³-hybridized carbons (Fsp3) is 0.360. The van der Waals surface area contributed by atoms with E-state index in [4.69, 9.17) is 4.74 Å². The van der Waals surface area contributed by atoms with Crippen molar-refractivity contribution >= 4 is 51.9 Å². The number of nitrogens with zero attached hydrogens (tertiary/aromatic N) is 3. The van der Waals surface area contributed by atoms with Crippen LogP contribution in [0.2, 0.25) is 0 Å². The largest absolute Gasteiger partial charge is 0.483 e. The third kappa shape index (κ3) is 7.69. The molecule has 0 aliphatic carbocycles. The number of aryl methyl sites for hydroxylation is 2. The van der Waals surface area contributed by atoms with Gasteiger partial charge in [-0.15, -0.1) is 10.2 Å². The van der Waals surface area contributed by atoms with Gasteiger partial charge in [0.05, 0.1) is 12.3 Å². The van der Waals surface area contributed by atoms with Crippen molar-refractivity contribution in [3.05, 3.63) is 62.5 Å². The van der Waals surface area contributed by atoms with E-state index in [1.54, 1.807) is 4.57 Å². The predicted octanol–water partition coefficient (Wildman–Crippen LogP) is 4.59. The molecule has 186 valence electrons. The maximum atomic E-state index is 12.4. The molecule has 10 heteroatoms. The molecular formula is C25H30IN5O3S. The number of hydrogen-bond donors (Lipinski definition) is 2. The van der Waals surface area contributed by atoms with Gasteiger partial charge < -0.3 is 19.9 Å². The van der Waals surface area contributed by atoms with Gasteiger partial charge in [0.25, 0.3) is 5.91 Å². The molecular weight excluding hydrogens is 577 g/mol. The number of rotatable bonds is 10. The van der Waals surface area contributed by atoms with E-state index in [1.165, 1.54) is 11.8 Å². The minimum absolute atomic E-state index is 0.0826. The van der Waals surface area contributed by atoms with Gasteiger partial charge in [0.15, 0.2) is 17.6 Å². The van der Waals surface area contributed by atoms with Crippen LogP contribution in [-0.4, -0.2) is 38.9 Å². The highest BCUT2D eigenvalue weighted by Gasteiger charge is 2.14. The molecule has 8 nitrogen and oxygen atoms in total. The average molecular weight is 608 g/mol. The minimum Gasteiger partial charge on any atom is -0.483 e. The van der Waals surface area contributed by atoms with E-state index >= 15 is 0 Å². The highest BCUT2D eigenvalue weighted by molar-refractivity contribution is 14.1. The van der Waals surface area contributed by atoms with Crippen LogP contribution in [0.5, 0.6) is 5.75 Å². The Morgan fingerprint density at radius 3 is 2.60 bits per heavy atom. The summed E-state index contributed by atoms with van der Waals surface area (Å²) in [5.41, 5.74) is 3.96. The lowest BCUT2D eigenvalue weighted by Crippen LogP contribution is -2.29. The van der Waals surface area contributed by atoms with Crippen molar-refractivity contribution in [2.45, 2.75) is 45.3 Å². The normalized spacial score (nSPS) is 10.9. The molecule has 0 spiro atoms. The molecule has 0 bridgehead atoms. The standard InChI is InChI=1S/C25H30IN5O3S/c1-15(2)19-8-6-16(3)10-21(19)34-13-23(32)27-12-22-29-30-25(31(22)5)35-14-24(33)28-20-9-7-18(26)11-17(20)4/h6-11,15H,12-14H2,1-5H3,(H,27,32)(H,28,33). The van der Waals surface area contributed by atoms with Crippen molar-refractivity contribution in [1.29, 1.82) is 0 Å². The molecule has 0 aliphatic heterocycles. The second kappa shape index (κ2) is 12.4. The van der Waals surface area contributed by atoms with Gasteiger partial charge in [-0.1, -0.05) is 37.7 Å². The number of benzene rings is 2. The molecule has 1 heterocycles. The van der Waals surface area contributed by atoms with Crippen LogP contribution in [0.3, 0.4) is 0 Å². The maximum absolute atomic E-state index is 12.4. The molecule has 2 aromatic carbocycles. The summed E-state index contributed by atoms with van der Waals surface area (Å²) in [5.74, 6) is 1.45. The average Bonchev–Trinajstić information content (AvgIpc) is 3.15. The SMILES string of the molecule is Cc1ccc(C(C)C)c(OCC(=O)NCc2nnc(SCC(=O)Nc3ccc(I)cc3C)n2C)c1. The molecule has 0 radical (unpaired) electrons. The van der Waals surface area contributed by atoms with Gasteiger partial charge in [0.2, 0.25) is 5.91 Å². The number of amides is 2. The van der Waals surface area contributed by atoms with Crippen LogP contribution in [0.1, 0.15) is 42.3 Å². The van der Waals surface area contributed by atoms with Crippen molar-refractivity contribution < 1.29 is 14.3 Å². The third-order valence-corrected chi connectivity index (χ3v) is 7.00. The van der Waals surface area contributed by atoms with Crippen LogP contribution in [-0.2, 0) is 23.2 Å². The molecule has 0 unspecified atom stereocenters. The van der Waals surface area contributed by atoms with Crippen molar-refractivity contribution in [1.82, 2.24) is 20.1 Å². The summed E-state index contributed by atoms with van der Waals surface area (Å²) in [4.78, 5) is 24.7. The van der Waals surface area contributed by atoms with Gasteiger partial charge in [-0.05, 0) is 83.3 Å². The van der Waals surface area contributed by atoms with Crippen LogP contribution < -0.4 is 15.4 Å². The molecule has 35 heavy (non-hydrogen) atoms. The summed E-state index contributed by atoms with van der Waals surface area (Å²) in [6, 6.07) is 11.9. The Bertz CT molecular complexity index is 1210. The van der Waals surface area contributed by atoms with Crippen LogP contribution in [0.15, 0.2) is 41.6 Å². The topological polar surface area (TPSA) is 98.1 Å². The van der Waals surface area contributed by atoms with Crippen LogP contribution in [0.4, 0.5) is 5.69 Å². The van der Waals surface area contributed by atoms with Gasteiger partial charge in [-0.25, -0.2) is 0 Å². The number of halogens is 1. The zero-order chi connectivity index (χ0) is 25.5. The van der Waals surface area contributed by atoms with E-state index in [0.29, 0.717) is 16.9 Å². The van der Waals surface area contributed by atoms with E-state index in [1.807, 2.05) is 57.3 Å². The fourth-order valence-corrected chi connectivity index (χ4v) is 4.70. The summed E-state index contributed by atoms with van der Waals surface area (Å²) < 4.78 is 8.68. The number of ether oxygens (including phenoxy) is 1. The number of carbonyl (C=O) groups is 2. The lowest BCUT2D eigenvalue weighted by Gasteiger charge is -2.14. The Morgan fingerprint density at radius 2 is 1.89 bits per heavy atom. The lowest BCUT2D eigenvalue weighted by atomic mass is 10.0. The first-order valence-corrected chi connectivity index (χ1v) is 13.3. The van der Waals surface area contributed by atoms with E-state index in [-0.39, 0.29) is 30.7 Å². The molecule has 0 fully saturated rings. The zero-order valence-electron chi connectivity index (χ0n) is 20.5. The first-order valence-electron chi connectivity index (χ1n) is 11.2. The maximum Gasteiger partial charge on any atom is 0.258 e. The lowest BCUT2D eigenvalue weighted by molar-refractivity contribution is -0.123. The van der Waals surface area contributed by atoms with E-state index in [9.17, 15) is 9.59 Å². The predicted molar refractivity (Wildman–Crippen MR) is 147 cm³/mol. The van der Waals surface area contributed by atoms with E-state index < -0.39 is 0 Å². The summed E-state index contributed by atoms with van der Waals surface area (Å²) in [6.45, 7) is 8.27. The van der Waals surface area contributed by atoms with Crippen LogP contribution in [0, 0.1) is 17.4 Å².